The number of H-pyrrole nitrogens is 1. The Kier molecular flexibility index (Phi) is 1.92. The highest BCUT2D eigenvalue weighted by atomic mass is 14.9. The van der Waals surface area contributed by atoms with E-state index in [1.54, 1.807) is 5.56 Å². The normalized spacial score (nSPS) is 31.5. The van der Waals surface area contributed by atoms with Crippen LogP contribution in [0.2, 0.25) is 0 Å². The van der Waals surface area contributed by atoms with Crippen LogP contribution in [0.4, 0.5) is 0 Å². The fourth-order valence-corrected chi connectivity index (χ4v) is 3.73. The standard InChI is InChI=1S/C15H18N2/c1-9-5-12-11-3-2-4-13-15(11)10(8-17-13)6-14(12)16-7-9/h2-4,8-9,12,14,16-17H,5-7H2,1H3/t9?,12?,14-/m1/s1. The van der Waals surface area contributed by atoms with Crippen LogP contribution in [0.1, 0.15) is 30.4 Å². The summed E-state index contributed by atoms with van der Waals surface area (Å²) in [5, 5.41) is 5.23. The molecular formula is C15H18N2. The molecule has 88 valence electrons. The third kappa shape index (κ3) is 1.31. The zero-order valence-corrected chi connectivity index (χ0v) is 10.2. The average Bonchev–Trinajstić information content (AvgIpc) is 2.75. The molecule has 2 N–H and O–H groups in total. The van der Waals surface area contributed by atoms with Crippen molar-refractivity contribution in [2.24, 2.45) is 5.92 Å². The lowest BCUT2D eigenvalue weighted by Gasteiger charge is -2.39. The Balaban J connectivity index is 1.92. The van der Waals surface area contributed by atoms with Crippen molar-refractivity contribution < 1.29 is 0 Å². The molecule has 3 atom stereocenters. The van der Waals surface area contributed by atoms with Crippen LogP contribution in [0, 0.1) is 5.92 Å². The fraction of sp³-hybridized carbons (Fsp3) is 0.467. The van der Waals surface area contributed by atoms with Crippen LogP contribution in [0.15, 0.2) is 24.4 Å². The van der Waals surface area contributed by atoms with Crippen LogP contribution in [-0.4, -0.2) is 17.6 Å². The number of aromatic nitrogens is 1. The number of aromatic amines is 1. The summed E-state index contributed by atoms with van der Waals surface area (Å²) in [5.74, 6) is 1.51. The van der Waals surface area contributed by atoms with E-state index in [1.807, 2.05) is 0 Å². The molecule has 2 heteroatoms. The summed E-state index contributed by atoms with van der Waals surface area (Å²) < 4.78 is 0. The Morgan fingerprint density at radius 1 is 1.29 bits per heavy atom. The van der Waals surface area contributed by atoms with Crippen molar-refractivity contribution >= 4 is 10.9 Å². The van der Waals surface area contributed by atoms with Gasteiger partial charge in [-0.3, -0.25) is 0 Å². The number of hydrogen-bond acceptors (Lipinski definition) is 1. The molecule has 17 heavy (non-hydrogen) atoms. The second-order valence-electron chi connectivity index (χ2n) is 5.75. The number of benzene rings is 1. The summed E-state index contributed by atoms with van der Waals surface area (Å²) in [6.07, 6.45) is 4.72. The maximum Gasteiger partial charge on any atom is 0.0459 e. The van der Waals surface area contributed by atoms with Crippen LogP contribution >= 0.6 is 0 Å². The summed E-state index contributed by atoms with van der Waals surface area (Å²) in [4.78, 5) is 3.41. The van der Waals surface area contributed by atoms with Crippen LogP contribution in [-0.2, 0) is 6.42 Å². The van der Waals surface area contributed by atoms with Crippen molar-refractivity contribution in [3.05, 3.63) is 35.5 Å². The molecule has 1 saturated heterocycles. The molecule has 2 aromatic rings. The molecule has 4 rings (SSSR count). The van der Waals surface area contributed by atoms with Crippen molar-refractivity contribution in [2.75, 3.05) is 6.54 Å². The van der Waals surface area contributed by atoms with Gasteiger partial charge in [-0.05, 0) is 42.5 Å². The van der Waals surface area contributed by atoms with E-state index in [9.17, 15) is 0 Å². The minimum atomic E-state index is 0.653. The van der Waals surface area contributed by atoms with Crippen LogP contribution in [0.25, 0.3) is 10.9 Å². The first-order chi connectivity index (χ1) is 8.33. The molecule has 2 nitrogen and oxygen atoms in total. The van der Waals surface area contributed by atoms with E-state index in [4.69, 9.17) is 0 Å². The fourth-order valence-electron chi connectivity index (χ4n) is 3.73. The topological polar surface area (TPSA) is 27.8 Å². The molecule has 0 radical (unpaired) electrons. The van der Waals surface area contributed by atoms with Gasteiger partial charge < -0.3 is 10.3 Å². The molecule has 2 unspecified atom stereocenters. The summed E-state index contributed by atoms with van der Waals surface area (Å²) in [7, 11) is 0. The van der Waals surface area contributed by atoms with Gasteiger partial charge in [-0.15, -0.1) is 0 Å². The largest absolute Gasteiger partial charge is 0.361 e. The van der Waals surface area contributed by atoms with E-state index in [0.29, 0.717) is 12.0 Å². The van der Waals surface area contributed by atoms with Crippen molar-refractivity contribution in [1.29, 1.82) is 0 Å². The Labute approximate surface area is 101 Å². The summed E-state index contributed by atoms with van der Waals surface area (Å²) >= 11 is 0. The van der Waals surface area contributed by atoms with E-state index in [-0.39, 0.29) is 0 Å². The first-order valence-corrected chi connectivity index (χ1v) is 6.65. The highest BCUT2D eigenvalue weighted by Gasteiger charge is 2.34. The predicted molar refractivity (Wildman–Crippen MR) is 70.3 cm³/mol. The minimum absolute atomic E-state index is 0.653. The number of fused-ring (bicyclic) bond motifs is 2. The maximum absolute atomic E-state index is 3.73. The third-order valence-corrected chi connectivity index (χ3v) is 4.53. The molecule has 2 aliphatic rings. The summed E-state index contributed by atoms with van der Waals surface area (Å²) in [5.41, 5.74) is 4.38. The lowest BCUT2D eigenvalue weighted by atomic mass is 9.74. The third-order valence-electron chi connectivity index (χ3n) is 4.53. The van der Waals surface area contributed by atoms with Gasteiger partial charge in [-0.2, -0.15) is 0 Å². The number of hydrogen-bond donors (Lipinski definition) is 2. The molecule has 1 aromatic carbocycles. The lowest BCUT2D eigenvalue weighted by molar-refractivity contribution is 0.282. The van der Waals surface area contributed by atoms with E-state index in [1.165, 1.54) is 35.9 Å². The van der Waals surface area contributed by atoms with Gasteiger partial charge in [0.2, 0.25) is 0 Å². The molecule has 2 heterocycles. The van der Waals surface area contributed by atoms with E-state index >= 15 is 0 Å². The van der Waals surface area contributed by atoms with E-state index in [2.05, 4.69) is 41.6 Å². The SMILES string of the molecule is CC1CN[C@@H]2Cc3c[nH]c4cccc(c34)C2C1. The van der Waals surface area contributed by atoms with Gasteiger partial charge in [0.1, 0.15) is 0 Å². The molecule has 1 aliphatic heterocycles. The van der Waals surface area contributed by atoms with Gasteiger partial charge in [-0.25, -0.2) is 0 Å². The van der Waals surface area contributed by atoms with Crippen molar-refractivity contribution in [3.8, 4) is 0 Å². The van der Waals surface area contributed by atoms with E-state index < -0.39 is 0 Å². The van der Waals surface area contributed by atoms with Gasteiger partial charge in [0.25, 0.3) is 0 Å². The Bertz CT molecular complexity index is 569. The lowest BCUT2D eigenvalue weighted by Crippen LogP contribution is -2.46. The minimum Gasteiger partial charge on any atom is -0.361 e. The van der Waals surface area contributed by atoms with Gasteiger partial charge in [-0.1, -0.05) is 19.1 Å². The Morgan fingerprint density at radius 3 is 3.18 bits per heavy atom. The highest BCUT2D eigenvalue weighted by Crippen LogP contribution is 2.41. The van der Waals surface area contributed by atoms with Crippen molar-refractivity contribution in [3.63, 3.8) is 0 Å². The maximum atomic E-state index is 3.73. The summed E-state index contributed by atoms with van der Waals surface area (Å²) in [6, 6.07) is 7.37. The van der Waals surface area contributed by atoms with Crippen molar-refractivity contribution in [2.45, 2.75) is 31.7 Å². The molecular weight excluding hydrogens is 208 g/mol. The first-order valence-electron chi connectivity index (χ1n) is 6.65. The highest BCUT2D eigenvalue weighted by molar-refractivity contribution is 5.88. The van der Waals surface area contributed by atoms with Gasteiger partial charge in [0.05, 0.1) is 0 Å². The number of rotatable bonds is 0. The molecule has 0 bridgehead atoms. The van der Waals surface area contributed by atoms with Crippen LogP contribution < -0.4 is 5.32 Å². The van der Waals surface area contributed by atoms with Crippen molar-refractivity contribution in [1.82, 2.24) is 10.3 Å². The average molecular weight is 226 g/mol. The zero-order valence-electron chi connectivity index (χ0n) is 10.2. The predicted octanol–water partition coefficient (Wildman–Crippen LogP) is 2.81. The Morgan fingerprint density at radius 2 is 2.24 bits per heavy atom. The Hall–Kier alpha value is -1.28. The van der Waals surface area contributed by atoms with Gasteiger partial charge >= 0.3 is 0 Å². The van der Waals surface area contributed by atoms with Crippen LogP contribution in [0.5, 0.6) is 0 Å². The smallest absolute Gasteiger partial charge is 0.0459 e. The number of nitrogens with one attached hydrogen (secondary N) is 2. The quantitative estimate of drug-likeness (QED) is 0.710. The second-order valence-corrected chi connectivity index (χ2v) is 5.75. The number of piperidine rings is 1. The molecule has 1 aliphatic carbocycles. The zero-order chi connectivity index (χ0) is 11.4. The molecule has 1 fully saturated rings. The van der Waals surface area contributed by atoms with E-state index in [0.717, 1.165) is 5.92 Å². The van der Waals surface area contributed by atoms with Crippen LogP contribution in [0.3, 0.4) is 0 Å². The molecule has 0 amide bonds. The molecule has 1 aromatic heterocycles. The monoisotopic (exact) mass is 226 g/mol. The van der Waals surface area contributed by atoms with Gasteiger partial charge in [0.15, 0.2) is 0 Å². The first kappa shape index (κ1) is 9.72. The second kappa shape index (κ2) is 3.36. The summed E-state index contributed by atoms with van der Waals surface area (Å²) in [6.45, 7) is 3.53. The molecule has 0 saturated carbocycles. The van der Waals surface area contributed by atoms with Gasteiger partial charge in [0, 0.05) is 29.1 Å². The molecule has 0 spiro atoms.